The van der Waals surface area contributed by atoms with E-state index in [4.69, 9.17) is 14.3 Å². The average molecular weight is 616 g/mol. The number of anilines is 1. The number of nitrogens with two attached hydrogens (primary N) is 1. The van der Waals surface area contributed by atoms with E-state index in [0.29, 0.717) is 39.3 Å². The molecule has 0 saturated heterocycles. The van der Waals surface area contributed by atoms with E-state index in [1.54, 1.807) is 36.4 Å². The minimum absolute atomic E-state index is 0.00723. The Labute approximate surface area is 243 Å². The Morgan fingerprint density at radius 1 is 1.05 bits per heavy atom. The number of fused-ring (bicyclic) bond motifs is 1. The molecule has 3 N–H and O–H groups in total. The summed E-state index contributed by atoms with van der Waals surface area (Å²) in [5, 5.41) is 8.32. The van der Waals surface area contributed by atoms with Crippen LogP contribution >= 0.6 is 0 Å². The van der Waals surface area contributed by atoms with Gasteiger partial charge in [0.15, 0.2) is 0 Å². The number of hydrogen-bond donors (Lipinski definition) is 2. The van der Waals surface area contributed by atoms with Crippen molar-refractivity contribution in [1.29, 1.82) is 0 Å². The van der Waals surface area contributed by atoms with Gasteiger partial charge < -0.3 is 14.5 Å². The Hall–Kier alpha value is -3.94. The molecule has 10 nitrogen and oxygen atoms in total. The molecule has 1 aromatic heterocycles. The van der Waals surface area contributed by atoms with Gasteiger partial charge in [0, 0.05) is 30.6 Å². The van der Waals surface area contributed by atoms with Gasteiger partial charge in [-0.2, -0.15) is 0 Å². The molecule has 222 valence electrons. The first-order valence-corrected chi connectivity index (χ1v) is 16.7. The molecule has 0 unspecified atom stereocenters. The third-order valence-electron chi connectivity index (χ3n) is 6.93. The molecule has 0 atom stereocenters. The molecular formula is C29H30FN3O7S2. The molecule has 0 bridgehead atoms. The van der Waals surface area contributed by atoms with Crippen LogP contribution < -0.4 is 19.5 Å². The number of rotatable bonds is 11. The second kappa shape index (κ2) is 11.4. The molecule has 0 spiro atoms. The lowest BCUT2D eigenvalue weighted by Crippen LogP contribution is -2.33. The van der Waals surface area contributed by atoms with Gasteiger partial charge in [-0.05, 0) is 85.3 Å². The molecule has 1 amide bonds. The number of ether oxygens (including phenoxy) is 1. The molecule has 1 heterocycles. The van der Waals surface area contributed by atoms with Crippen molar-refractivity contribution in [2.24, 2.45) is 5.14 Å². The summed E-state index contributed by atoms with van der Waals surface area (Å²) in [5.74, 6) is 0.205. The number of nitrogens with zero attached hydrogens (tertiary/aromatic N) is 1. The first-order valence-electron chi connectivity index (χ1n) is 13.2. The maximum Gasteiger partial charge on any atom is 0.255 e. The standard InChI is InChI=1S/C29H30FN3O7S2/c1-32-29(34)27-24-16-23(18-4-5-18)25(33(41(2,35)36)14-3-15-42(31,37)38)17-26(24)40-28(27)19-6-10-21(11-7-19)39-22-12-8-20(30)9-13-22/h6-13,16-18H,3-5,14-15H2,1-2H3,(H,32,34)(H2,31,37,38). The van der Waals surface area contributed by atoms with E-state index in [1.165, 1.54) is 35.6 Å². The second-order valence-corrected chi connectivity index (χ2v) is 13.8. The van der Waals surface area contributed by atoms with Crippen LogP contribution in [0.25, 0.3) is 22.3 Å². The summed E-state index contributed by atoms with van der Waals surface area (Å²) in [7, 11) is -6.06. The number of primary sulfonamides is 1. The summed E-state index contributed by atoms with van der Waals surface area (Å²) in [6.07, 6.45) is 2.77. The fourth-order valence-corrected chi connectivity index (χ4v) is 6.33. The van der Waals surface area contributed by atoms with E-state index in [1.807, 2.05) is 0 Å². The van der Waals surface area contributed by atoms with Crippen LogP contribution in [0.5, 0.6) is 11.5 Å². The van der Waals surface area contributed by atoms with Gasteiger partial charge in [-0.25, -0.2) is 26.4 Å². The van der Waals surface area contributed by atoms with Gasteiger partial charge >= 0.3 is 0 Å². The van der Waals surface area contributed by atoms with E-state index in [9.17, 15) is 26.0 Å². The van der Waals surface area contributed by atoms with Crippen LogP contribution in [0, 0.1) is 5.82 Å². The molecule has 42 heavy (non-hydrogen) atoms. The number of carbonyl (C=O) groups is 1. The molecule has 3 aromatic carbocycles. The maximum absolute atomic E-state index is 13.2. The minimum Gasteiger partial charge on any atom is -0.457 e. The van der Waals surface area contributed by atoms with Gasteiger partial charge in [-0.15, -0.1) is 0 Å². The van der Waals surface area contributed by atoms with Crippen LogP contribution in [0.4, 0.5) is 10.1 Å². The molecule has 1 aliphatic rings. The zero-order valence-corrected chi connectivity index (χ0v) is 24.6. The number of hydrogen-bond acceptors (Lipinski definition) is 7. The normalized spacial score (nSPS) is 13.7. The molecule has 1 aliphatic carbocycles. The van der Waals surface area contributed by atoms with E-state index >= 15 is 0 Å². The molecule has 5 rings (SSSR count). The van der Waals surface area contributed by atoms with Crippen LogP contribution in [-0.4, -0.2) is 48.3 Å². The fraction of sp³-hybridized carbons (Fsp3) is 0.276. The molecule has 13 heteroatoms. The van der Waals surface area contributed by atoms with E-state index in [2.05, 4.69) is 5.32 Å². The topological polar surface area (TPSA) is 149 Å². The average Bonchev–Trinajstić information content (AvgIpc) is 3.71. The van der Waals surface area contributed by atoms with Crippen molar-refractivity contribution in [3.63, 3.8) is 0 Å². The van der Waals surface area contributed by atoms with Crippen molar-refractivity contribution in [2.45, 2.75) is 25.2 Å². The Morgan fingerprint density at radius 2 is 1.67 bits per heavy atom. The minimum atomic E-state index is -3.80. The van der Waals surface area contributed by atoms with Crippen molar-refractivity contribution in [2.75, 3.05) is 29.9 Å². The van der Waals surface area contributed by atoms with Gasteiger partial charge in [-0.1, -0.05) is 0 Å². The number of amides is 1. The summed E-state index contributed by atoms with van der Waals surface area (Å²) in [4.78, 5) is 13.1. The maximum atomic E-state index is 13.2. The quantitative estimate of drug-likeness (QED) is 0.248. The van der Waals surface area contributed by atoms with Crippen LogP contribution in [-0.2, 0) is 20.0 Å². The van der Waals surface area contributed by atoms with Crippen molar-refractivity contribution in [3.8, 4) is 22.8 Å². The van der Waals surface area contributed by atoms with Crippen LogP contribution in [0.15, 0.2) is 65.1 Å². The van der Waals surface area contributed by atoms with Crippen LogP contribution in [0.3, 0.4) is 0 Å². The summed E-state index contributed by atoms with van der Waals surface area (Å²) in [5.41, 5.74) is 2.31. The van der Waals surface area contributed by atoms with Crippen LogP contribution in [0.2, 0.25) is 0 Å². The lowest BCUT2D eigenvalue weighted by atomic mass is 10.0. The largest absolute Gasteiger partial charge is 0.457 e. The van der Waals surface area contributed by atoms with E-state index < -0.39 is 20.0 Å². The highest BCUT2D eigenvalue weighted by molar-refractivity contribution is 7.92. The molecule has 4 aromatic rings. The smallest absolute Gasteiger partial charge is 0.255 e. The lowest BCUT2D eigenvalue weighted by molar-refractivity contribution is 0.0964. The number of furan rings is 1. The molecule has 0 aliphatic heterocycles. The Bertz CT molecular complexity index is 1850. The van der Waals surface area contributed by atoms with Crippen LogP contribution in [0.1, 0.15) is 41.1 Å². The zero-order chi connectivity index (χ0) is 30.2. The highest BCUT2D eigenvalue weighted by Gasteiger charge is 2.33. The predicted molar refractivity (Wildman–Crippen MR) is 158 cm³/mol. The Morgan fingerprint density at radius 3 is 2.21 bits per heavy atom. The van der Waals surface area contributed by atoms with Gasteiger partial charge in [-0.3, -0.25) is 9.10 Å². The van der Waals surface area contributed by atoms with Gasteiger partial charge in [0.1, 0.15) is 28.7 Å². The number of sulfonamides is 2. The highest BCUT2D eigenvalue weighted by atomic mass is 32.2. The Balaban J connectivity index is 1.58. The first-order chi connectivity index (χ1) is 19.8. The van der Waals surface area contributed by atoms with Crippen molar-refractivity contribution in [3.05, 3.63) is 77.6 Å². The first kappa shape index (κ1) is 29.5. The Kier molecular flexibility index (Phi) is 8.01. The third kappa shape index (κ3) is 6.58. The summed E-state index contributed by atoms with van der Waals surface area (Å²) in [6.45, 7) is -0.0914. The number of benzene rings is 3. The highest BCUT2D eigenvalue weighted by Crippen LogP contribution is 2.48. The van der Waals surface area contributed by atoms with Crippen molar-refractivity contribution < 1.29 is 35.2 Å². The monoisotopic (exact) mass is 615 g/mol. The van der Waals surface area contributed by atoms with Gasteiger partial charge in [0.05, 0.1) is 23.3 Å². The van der Waals surface area contributed by atoms with Gasteiger partial charge in [0.25, 0.3) is 5.91 Å². The van der Waals surface area contributed by atoms with Gasteiger partial charge in [0.2, 0.25) is 20.0 Å². The molecule has 0 radical (unpaired) electrons. The number of halogens is 1. The second-order valence-electron chi connectivity index (χ2n) is 10.2. The molecular weight excluding hydrogens is 585 g/mol. The number of nitrogens with one attached hydrogen (secondary N) is 1. The molecule has 1 saturated carbocycles. The van der Waals surface area contributed by atoms with E-state index in [0.717, 1.165) is 24.7 Å². The molecule has 1 fully saturated rings. The summed E-state index contributed by atoms with van der Waals surface area (Å²) in [6, 6.07) is 15.8. The predicted octanol–water partition coefficient (Wildman–Crippen LogP) is 4.71. The van der Waals surface area contributed by atoms with Crippen molar-refractivity contribution >= 4 is 42.6 Å². The van der Waals surface area contributed by atoms with E-state index in [-0.39, 0.29) is 42.1 Å². The zero-order valence-electron chi connectivity index (χ0n) is 23.0. The third-order valence-corrected chi connectivity index (χ3v) is 8.97. The summed E-state index contributed by atoms with van der Waals surface area (Å²) >= 11 is 0. The summed E-state index contributed by atoms with van der Waals surface area (Å²) < 4.78 is 75.1. The number of carbonyl (C=O) groups excluding carboxylic acids is 1. The lowest BCUT2D eigenvalue weighted by Gasteiger charge is -2.25. The fourth-order valence-electron chi connectivity index (χ4n) is 4.83. The SMILES string of the molecule is CNC(=O)c1c(-c2ccc(Oc3ccc(F)cc3)cc2)oc2cc(N(CCCS(N)(=O)=O)S(C)(=O)=O)c(C3CC3)cc12. The van der Waals surface area contributed by atoms with Crippen molar-refractivity contribution in [1.82, 2.24) is 5.32 Å².